The van der Waals surface area contributed by atoms with E-state index in [9.17, 15) is 13.2 Å². The summed E-state index contributed by atoms with van der Waals surface area (Å²) in [6.07, 6.45) is 0.113. The molecule has 164 valence electrons. The molecule has 0 bridgehead atoms. The molecule has 3 heterocycles. The lowest BCUT2D eigenvalue weighted by Crippen LogP contribution is -2.16. The maximum absolute atomic E-state index is 12.5. The predicted octanol–water partition coefficient (Wildman–Crippen LogP) is 5.12. The number of hydrogen-bond acceptors (Lipinski definition) is 7. The van der Waals surface area contributed by atoms with E-state index in [1.54, 1.807) is 24.7 Å². The number of alkyl halides is 3. The van der Waals surface area contributed by atoms with Crippen molar-refractivity contribution in [3.63, 3.8) is 0 Å². The van der Waals surface area contributed by atoms with Crippen molar-refractivity contribution < 1.29 is 17.9 Å². The molecular weight excluding hydrogens is 435 g/mol. The molecule has 5 rings (SSSR count). The number of ether oxygens (including phenoxy) is 1. The van der Waals surface area contributed by atoms with Crippen LogP contribution < -0.4 is 10.1 Å². The molecule has 3 aromatic heterocycles. The molecule has 2 N–H and O–H groups in total. The Labute approximate surface area is 184 Å². The van der Waals surface area contributed by atoms with Crippen molar-refractivity contribution in [1.29, 1.82) is 0 Å². The second-order valence-corrected chi connectivity index (χ2v) is 6.92. The fourth-order valence-corrected chi connectivity index (χ4v) is 3.18. The normalized spacial score (nSPS) is 11.5. The number of fused-ring (bicyclic) bond motifs is 1. The van der Waals surface area contributed by atoms with Gasteiger partial charge in [0.25, 0.3) is 0 Å². The number of halogens is 3. The molecule has 0 aliphatic carbocycles. The summed E-state index contributed by atoms with van der Waals surface area (Å²) in [6.45, 7) is 0. The molecule has 0 unspecified atom stereocenters. The highest BCUT2D eigenvalue weighted by Gasteiger charge is 2.31. The topological polar surface area (TPSA) is 102 Å². The lowest BCUT2D eigenvalue weighted by molar-refractivity contribution is -0.274. The molecule has 0 spiro atoms. The average Bonchev–Trinajstić information content (AvgIpc) is 3.23. The molecule has 0 aliphatic heterocycles. The van der Waals surface area contributed by atoms with Gasteiger partial charge >= 0.3 is 6.36 Å². The van der Waals surface area contributed by atoms with Crippen molar-refractivity contribution in [2.45, 2.75) is 6.36 Å². The van der Waals surface area contributed by atoms with Gasteiger partial charge in [-0.1, -0.05) is 12.1 Å². The number of H-pyrrole nitrogens is 1. The molecule has 0 aliphatic rings. The maximum atomic E-state index is 12.5. The number of aromatic nitrogens is 6. The third-order valence-corrected chi connectivity index (χ3v) is 4.60. The van der Waals surface area contributed by atoms with Gasteiger partial charge in [0.05, 0.1) is 16.7 Å². The molecule has 33 heavy (non-hydrogen) atoms. The van der Waals surface area contributed by atoms with Crippen LogP contribution in [0.25, 0.3) is 33.7 Å². The summed E-state index contributed by atoms with van der Waals surface area (Å²) in [7, 11) is 0. The van der Waals surface area contributed by atoms with Crippen molar-refractivity contribution in [3.8, 4) is 28.4 Å². The number of aromatic amines is 1. The fourth-order valence-electron chi connectivity index (χ4n) is 3.18. The third kappa shape index (κ3) is 4.71. The summed E-state index contributed by atoms with van der Waals surface area (Å²) >= 11 is 0. The third-order valence-electron chi connectivity index (χ3n) is 4.60. The summed E-state index contributed by atoms with van der Waals surface area (Å²) in [4.78, 5) is 16.1. The first-order chi connectivity index (χ1) is 15.9. The highest BCUT2D eigenvalue weighted by molar-refractivity contribution is 5.81. The summed E-state index contributed by atoms with van der Waals surface area (Å²) in [5, 5.41) is 11.0. The van der Waals surface area contributed by atoms with Crippen LogP contribution in [0.4, 0.5) is 24.8 Å². The Morgan fingerprint density at radius 1 is 0.909 bits per heavy atom. The Morgan fingerprint density at radius 2 is 1.76 bits per heavy atom. The Balaban J connectivity index is 1.36. The summed E-state index contributed by atoms with van der Waals surface area (Å²) in [5.74, 6) is 0.567. The molecule has 0 atom stereocenters. The van der Waals surface area contributed by atoms with Crippen molar-refractivity contribution in [2.75, 3.05) is 5.32 Å². The summed E-state index contributed by atoms with van der Waals surface area (Å²) in [5.41, 5.74) is 3.78. The molecule has 0 fully saturated rings. The van der Waals surface area contributed by atoms with E-state index in [1.807, 2.05) is 30.3 Å². The predicted molar refractivity (Wildman–Crippen MR) is 115 cm³/mol. The van der Waals surface area contributed by atoms with Gasteiger partial charge in [-0.3, -0.25) is 0 Å². The van der Waals surface area contributed by atoms with Crippen LogP contribution in [0.5, 0.6) is 5.75 Å². The highest BCUT2D eigenvalue weighted by atomic mass is 19.4. The minimum absolute atomic E-state index is 0.317. The van der Waals surface area contributed by atoms with Gasteiger partial charge in [-0.2, -0.15) is 10.2 Å². The summed E-state index contributed by atoms with van der Waals surface area (Å²) < 4.78 is 41.4. The van der Waals surface area contributed by atoms with Crippen molar-refractivity contribution in [1.82, 2.24) is 30.1 Å². The molecule has 0 amide bonds. The van der Waals surface area contributed by atoms with E-state index in [2.05, 4.69) is 40.2 Å². The van der Waals surface area contributed by atoms with Crippen LogP contribution in [-0.4, -0.2) is 36.5 Å². The van der Waals surface area contributed by atoms with Crippen LogP contribution in [0.1, 0.15) is 0 Å². The van der Waals surface area contributed by atoms with Gasteiger partial charge in [-0.25, -0.2) is 15.0 Å². The van der Waals surface area contributed by atoms with E-state index in [4.69, 9.17) is 0 Å². The number of hydrogen-bond donors (Lipinski definition) is 2. The minimum Gasteiger partial charge on any atom is -0.406 e. The standard InChI is InChI=1S/C22H14F3N7O/c23-22(24,25)33-16-6-7-18-19(10-16)31-20(30-18)13-3-1-4-15(9-13)29-21-26-11-14(12-27-21)17-5-2-8-28-32-17/h1-12H,(H,30,31)(H,26,27,29). The molecule has 0 saturated heterocycles. The quantitative estimate of drug-likeness (QED) is 0.384. The van der Waals surface area contributed by atoms with Crippen LogP contribution in [-0.2, 0) is 0 Å². The van der Waals surface area contributed by atoms with E-state index in [0.29, 0.717) is 34.2 Å². The molecule has 11 heteroatoms. The van der Waals surface area contributed by atoms with Gasteiger partial charge in [0.1, 0.15) is 11.6 Å². The van der Waals surface area contributed by atoms with Crippen molar-refractivity contribution >= 4 is 22.7 Å². The minimum atomic E-state index is -4.76. The van der Waals surface area contributed by atoms with Crippen LogP contribution in [0.2, 0.25) is 0 Å². The number of nitrogens with one attached hydrogen (secondary N) is 2. The molecule has 0 saturated carbocycles. The number of nitrogens with zero attached hydrogens (tertiary/aromatic N) is 5. The lowest BCUT2D eigenvalue weighted by Gasteiger charge is -2.07. The van der Waals surface area contributed by atoms with Crippen LogP contribution in [0, 0.1) is 0 Å². The average molecular weight is 449 g/mol. The van der Waals surface area contributed by atoms with E-state index in [0.717, 1.165) is 11.1 Å². The number of benzene rings is 2. The smallest absolute Gasteiger partial charge is 0.406 e. The van der Waals surface area contributed by atoms with Crippen LogP contribution >= 0.6 is 0 Å². The first-order valence-electron chi connectivity index (χ1n) is 9.66. The molecular formula is C22H14F3N7O. The zero-order valence-electron chi connectivity index (χ0n) is 16.7. The van der Waals surface area contributed by atoms with Crippen LogP contribution in [0.3, 0.4) is 0 Å². The Kier molecular flexibility index (Phi) is 5.05. The van der Waals surface area contributed by atoms with Crippen LogP contribution in [0.15, 0.2) is 73.2 Å². The van der Waals surface area contributed by atoms with Gasteiger partial charge in [0, 0.05) is 41.5 Å². The summed E-state index contributed by atoms with van der Waals surface area (Å²) in [6, 6.07) is 14.8. The monoisotopic (exact) mass is 449 g/mol. The van der Waals surface area contributed by atoms with E-state index < -0.39 is 6.36 Å². The van der Waals surface area contributed by atoms with E-state index in [-0.39, 0.29) is 5.75 Å². The fraction of sp³-hybridized carbons (Fsp3) is 0.0455. The molecule has 2 aromatic carbocycles. The van der Waals surface area contributed by atoms with Crippen molar-refractivity contribution in [3.05, 3.63) is 73.2 Å². The SMILES string of the molecule is FC(F)(F)Oc1ccc2nc(-c3cccc(Nc4ncc(-c5cccnn5)cn4)c3)[nH]c2c1. The van der Waals surface area contributed by atoms with Gasteiger partial charge in [-0.15, -0.1) is 13.2 Å². The second kappa shape index (κ2) is 8.19. The van der Waals surface area contributed by atoms with E-state index in [1.165, 1.54) is 18.2 Å². The molecule has 8 nitrogen and oxygen atoms in total. The molecule has 5 aromatic rings. The zero-order valence-corrected chi connectivity index (χ0v) is 16.7. The van der Waals surface area contributed by atoms with Crippen molar-refractivity contribution in [2.24, 2.45) is 0 Å². The largest absolute Gasteiger partial charge is 0.573 e. The Morgan fingerprint density at radius 3 is 2.52 bits per heavy atom. The number of imidazole rings is 1. The number of anilines is 2. The van der Waals surface area contributed by atoms with Gasteiger partial charge < -0.3 is 15.0 Å². The second-order valence-electron chi connectivity index (χ2n) is 6.92. The number of rotatable bonds is 5. The van der Waals surface area contributed by atoms with Gasteiger partial charge in [-0.05, 0) is 36.4 Å². The Bertz CT molecular complexity index is 1400. The zero-order chi connectivity index (χ0) is 22.8. The first-order valence-corrected chi connectivity index (χ1v) is 9.66. The van der Waals surface area contributed by atoms with E-state index >= 15 is 0 Å². The van der Waals surface area contributed by atoms with Gasteiger partial charge in [0.2, 0.25) is 5.95 Å². The highest BCUT2D eigenvalue weighted by Crippen LogP contribution is 2.28. The lowest BCUT2D eigenvalue weighted by atomic mass is 10.2. The maximum Gasteiger partial charge on any atom is 0.573 e. The van der Waals surface area contributed by atoms with Gasteiger partial charge in [0.15, 0.2) is 0 Å². The Hall–Kier alpha value is -4.54. The first kappa shape index (κ1) is 20.4. The molecule has 0 radical (unpaired) electrons.